The third kappa shape index (κ3) is 5.39. The molecule has 12 heteroatoms. The Labute approximate surface area is 226 Å². The maximum absolute atomic E-state index is 11.4. The smallest absolute Gasteiger partial charge is 0.222 e. The quantitative estimate of drug-likeness (QED) is 0.367. The van der Waals surface area contributed by atoms with Gasteiger partial charge >= 0.3 is 0 Å². The lowest BCUT2D eigenvalue weighted by atomic mass is 9.91. The number of rotatable bonds is 6. The van der Waals surface area contributed by atoms with Crippen LogP contribution in [0.3, 0.4) is 0 Å². The second-order valence-electron chi connectivity index (χ2n) is 10.5. The molecule has 4 aromatic heterocycles. The van der Waals surface area contributed by atoms with Crippen LogP contribution < -0.4 is 15.4 Å². The number of nitriles is 1. The first kappa shape index (κ1) is 26.1. The highest BCUT2D eigenvalue weighted by Crippen LogP contribution is 2.34. The van der Waals surface area contributed by atoms with Crippen LogP contribution in [0.15, 0.2) is 30.6 Å². The van der Waals surface area contributed by atoms with E-state index >= 15 is 0 Å². The van der Waals surface area contributed by atoms with Gasteiger partial charge in [-0.15, -0.1) is 0 Å². The zero-order valence-corrected chi connectivity index (χ0v) is 22.6. The van der Waals surface area contributed by atoms with E-state index in [1.54, 1.807) is 16.7 Å². The van der Waals surface area contributed by atoms with Crippen LogP contribution in [0.1, 0.15) is 57.8 Å². The Kier molecular flexibility index (Phi) is 6.93. The van der Waals surface area contributed by atoms with Crippen molar-refractivity contribution < 1.29 is 14.3 Å². The highest BCUT2D eigenvalue weighted by Gasteiger charge is 2.27. The average Bonchev–Trinajstić information content (AvgIpc) is 3.46. The Hall–Kier alpha value is -4.50. The molecule has 1 fully saturated rings. The van der Waals surface area contributed by atoms with Crippen molar-refractivity contribution in [2.45, 2.75) is 52.0 Å². The van der Waals surface area contributed by atoms with Gasteiger partial charge in [0.25, 0.3) is 0 Å². The van der Waals surface area contributed by atoms with Crippen LogP contribution in [0.2, 0.25) is 0 Å². The Morgan fingerprint density at radius 1 is 1.21 bits per heavy atom. The summed E-state index contributed by atoms with van der Waals surface area (Å²) in [5.41, 5.74) is 2.22. The van der Waals surface area contributed by atoms with Gasteiger partial charge in [0.15, 0.2) is 17.2 Å². The zero-order chi connectivity index (χ0) is 27.7. The second kappa shape index (κ2) is 10.3. The predicted molar refractivity (Wildman–Crippen MR) is 145 cm³/mol. The molecular formula is C27H31N9O3. The van der Waals surface area contributed by atoms with Crippen molar-refractivity contribution in [1.29, 1.82) is 5.26 Å². The molecule has 0 aliphatic carbocycles. The van der Waals surface area contributed by atoms with Crippen LogP contribution in [0, 0.1) is 11.3 Å². The molecule has 1 saturated heterocycles. The number of nitrogens with one attached hydrogen (secondary N) is 2. The highest BCUT2D eigenvalue weighted by atomic mass is 16.5. The molecule has 0 spiro atoms. The number of carbonyl (C=O) groups excluding carboxylic acids is 1. The minimum Gasteiger partial charge on any atom is -0.454 e. The van der Waals surface area contributed by atoms with Crippen LogP contribution in [0.4, 0.5) is 17.6 Å². The van der Waals surface area contributed by atoms with Crippen molar-refractivity contribution in [3.05, 3.63) is 41.9 Å². The minimum atomic E-state index is -0.248. The molecule has 1 aliphatic rings. The van der Waals surface area contributed by atoms with Gasteiger partial charge < -0.3 is 24.7 Å². The molecule has 39 heavy (non-hydrogen) atoms. The first-order valence-electron chi connectivity index (χ1n) is 12.8. The lowest BCUT2D eigenvalue weighted by Crippen LogP contribution is -2.26. The fourth-order valence-corrected chi connectivity index (χ4v) is 4.64. The molecule has 12 nitrogen and oxygen atoms in total. The fraction of sp³-hybridized carbons (Fsp3) is 0.407. The molecule has 5 rings (SSSR count). The van der Waals surface area contributed by atoms with Crippen LogP contribution in [0.5, 0.6) is 11.5 Å². The van der Waals surface area contributed by atoms with E-state index in [1.807, 2.05) is 7.05 Å². The molecule has 0 radical (unpaired) electrons. The van der Waals surface area contributed by atoms with Crippen molar-refractivity contribution >= 4 is 34.7 Å². The van der Waals surface area contributed by atoms with E-state index in [0.717, 1.165) is 31.7 Å². The number of anilines is 3. The monoisotopic (exact) mass is 529 g/mol. The number of nitrogens with zero attached hydrogens (tertiary/aromatic N) is 7. The molecule has 5 heterocycles. The lowest BCUT2D eigenvalue weighted by Gasteiger charge is -2.28. The number of aromatic nitrogens is 6. The van der Waals surface area contributed by atoms with Crippen molar-refractivity contribution in [3.8, 4) is 17.6 Å². The van der Waals surface area contributed by atoms with E-state index in [1.165, 1.54) is 19.3 Å². The summed E-state index contributed by atoms with van der Waals surface area (Å²) in [5, 5.41) is 20.9. The number of hydrogen-bond acceptors (Lipinski definition) is 9. The summed E-state index contributed by atoms with van der Waals surface area (Å²) in [6.45, 7) is 9.36. The molecule has 4 aromatic rings. The van der Waals surface area contributed by atoms with Crippen LogP contribution in [-0.4, -0.2) is 48.4 Å². The molecule has 0 bridgehead atoms. The number of fused-ring (bicyclic) bond motifs is 1. The van der Waals surface area contributed by atoms with Gasteiger partial charge in [0.2, 0.25) is 11.9 Å². The molecule has 0 aromatic carbocycles. The minimum absolute atomic E-state index is 0.105. The summed E-state index contributed by atoms with van der Waals surface area (Å²) in [5.74, 6) is 1.93. The van der Waals surface area contributed by atoms with E-state index in [-0.39, 0.29) is 28.7 Å². The second-order valence-corrected chi connectivity index (χ2v) is 10.5. The molecule has 0 saturated carbocycles. The van der Waals surface area contributed by atoms with E-state index in [2.05, 4.69) is 63.2 Å². The topological polar surface area (TPSA) is 145 Å². The summed E-state index contributed by atoms with van der Waals surface area (Å²) < 4.78 is 15.4. The standard InChI is InChI=1S/C27H31N9O3/c1-16(37)31-22-12-18(6-9-29-22)39-20-15-30-25-24(19(20)14-28)35(5)26(33-25)32-23-13-21(27(2,3)4)36(34-23)17-7-10-38-11-8-17/h6,9,12-13,15,17H,7-8,10-11H2,1-5H3,(H,29,31,37)(H,30,32,33,34). The third-order valence-corrected chi connectivity index (χ3v) is 6.52. The maximum Gasteiger partial charge on any atom is 0.222 e. The van der Waals surface area contributed by atoms with E-state index in [0.29, 0.717) is 34.5 Å². The maximum atomic E-state index is 11.4. The number of pyridine rings is 2. The normalized spacial score (nSPS) is 14.3. The van der Waals surface area contributed by atoms with Crippen molar-refractivity contribution in [3.63, 3.8) is 0 Å². The first-order chi connectivity index (χ1) is 18.6. The third-order valence-electron chi connectivity index (χ3n) is 6.52. The fourth-order valence-electron chi connectivity index (χ4n) is 4.64. The molecule has 202 valence electrons. The number of amides is 1. The molecule has 1 aliphatic heterocycles. The van der Waals surface area contributed by atoms with Crippen molar-refractivity contribution in [2.75, 3.05) is 23.8 Å². The average molecular weight is 530 g/mol. The zero-order valence-electron chi connectivity index (χ0n) is 22.6. The molecule has 0 atom stereocenters. The van der Waals surface area contributed by atoms with Gasteiger partial charge in [-0.05, 0) is 18.9 Å². The molecule has 2 N–H and O–H groups in total. The Bertz CT molecular complexity index is 1570. The number of aryl methyl sites for hydroxylation is 1. The SMILES string of the molecule is CC(=O)Nc1cc(Oc2cnc3nc(Nc4cc(C(C)(C)C)n(C5CCOCC5)n4)n(C)c3c2C#N)ccn1. The van der Waals surface area contributed by atoms with Crippen LogP contribution in [0.25, 0.3) is 11.2 Å². The first-order valence-corrected chi connectivity index (χ1v) is 12.8. The van der Waals surface area contributed by atoms with Gasteiger partial charge in [0, 0.05) is 56.6 Å². The van der Waals surface area contributed by atoms with Crippen LogP contribution in [-0.2, 0) is 22.0 Å². The molecule has 1 amide bonds. The van der Waals surface area contributed by atoms with Crippen LogP contribution >= 0.6 is 0 Å². The van der Waals surface area contributed by atoms with Crippen molar-refractivity contribution in [1.82, 2.24) is 29.3 Å². The number of ether oxygens (including phenoxy) is 2. The van der Waals surface area contributed by atoms with E-state index in [9.17, 15) is 10.1 Å². The molecule has 0 unspecified atom stereocenters. The number of carbonyl (C=O) groups is 1. The van der Waals surface area contributed by atoms with Gasteiger partial charge in [-0.2, -0.15) is 15.3 Å². The Morgan fingerprint density at radius 2 is 1.97 bits per heavy atom. The van der Waals surface area contributed by atoms with Crippen molar-refractivity contribution in [2.24, 2.45) is 7.05 Å². The van der Waals surface area contributed by atoms with Gasteiger partial charge in [-0.3, -0.25) is 9.48 Å². The largest absolute Gasteiger partial charge is 0.454 e. The predicted octanol–water partition coefficient (Wildman–Crippen LogP) is 4.57. The Balaban J connectivity index is 1.47. The van der Waals surface area contributed by atoms with Gasteiger partial charge in [0.1, 0.15) is 28.7 Å². The van der Waals surface area contributed by atoms with Gasteiger partial charge in [-0.1, -0.05) is 20.8 Å². The lowest BCUT2D eigenvalue weighted by molar-refractivity contribution is -0.114. The highest BCUT2D eigenvalue weighted by molar-refractivity contribution is 5.88. The summed E-state index contributed by atoms with van der Waals surface area (Å²) in [4.78, 5) is 24.5. The summed E-state index contributed by atoms with van der Waals surface area (Å²) in [7, 11) is 1.81. The Morgan fingerprint density at radius 3 is 2.67 bits per heavy atom. The van der Waals surface area contributed by atoms with E-state index < -0.39 is 0 Å². The number of hydrogen-bond donors (Lipinski definition) is 2. The van der Waals surface area contributed by atoms with E-state index in [4.69, 9.17) is 14.6 Å². The summed E-state index contributed by atoms with van der Waals surface area (Å²) in [6, 6.07) is 7.76. The molecular weight excluding hydrogens is 498 g/mol. The van der Waals surface area contributed by atoms with Gasteiger partial charge in [-0.25, -0.2) is 9.97 Å². The summed E-state index contributed by atoms with van der Waals surface area (Å²) >= 11 is 0. The van der Waals surface area contributed by atoms with Gasteiger partial charge in [0.05, 0.1) is 12.2 Å². The number of imidazole rings is 1. The summed E-state index contributed by atoms with van der Waals surface area (Å²) in [6.07, 6.45) is 4.81.